The van der Waals surface area contributed by atoms with E-state index >= 15 is 0 Å². The van der Waals surface area contributed by atoms with Crippen molar-refractivity contribution in [1.82, 2.24) is 15.0 Å². The molecule has 1 saturated heterocycles. The zero-order chi connectivity index (χ0) is 30.2. The van der Waals surface area contributed by atoms with Gasteiger partial charge in [0.1, 0.15) is 42.4 Å². The number of amides is 1. The molecule has 17 nitrogen and oxygen atoms in total. The first-order chi connectivity index (χ1) is 19.4. The lowest BCUT2D eigenvalue weighted by Crippen LogP contribution is -2.60. The number of nitrogens with zero attached hydrogens (tertiary/aromatic N) is 3. The smallest absolute Gasteiger partial charge is 0.462 e. The molecule has 41 heavy (non-hydrogen) atoms. The van der Waals surface area contributed by atoms with Gasteiger partial charge in [0.2, 0.25) is 12.2 Å². The summed E-state index contributed by atoms with van der Waals surface area (Å²) in [5.74, 6) is -0.178. The molecule has 3 rings (SSSR count). The lowest BCUT2D eigenvalue weighted by Gasteiger charge is -2.39. The Kier molecular flexibility index (Phi) is 11.7. The normalized spacial score (nSPS) is 25.7. The molecular weight excluding hydrogens is 571 g/mol. The summed E-state index contributed by atoms with van der Waals surface area (Å²) in [5, 5.41) is 59.2. The first kappa shape index (κ1) is 33.0. The second-order valence-electron chi connectivity index (χ2n) is 9.68. The molecule has 0 radical (unpaired) electrons. The van der Waals surface area contributed by atoms with Gasteiger partial charge in [-0.25, -0.2) is 9.25 Å². The summed E-state index contributed by atoms with van der Waals surface area (Å²) in [5.41, 5.74) is -0.160. The van der Waals surface area contributed by atoms with Crippen LogP contribution in [0, 0.1) is 5.41 Å². The molecule has 1 fully saturated rings. The predicted molar refractivity (Wildman–Crippen MR) is 137 cm³/mol. The number of aliphatic hydroxyl groups excluding tert-OH is 5. The zero-order valence-electron chi connectivity index (χ0n) is 22.3. The van der Waals surface area contributed by atoms with Gasteiger partial charge in [-0.15, -0.1) is 5.10 Å². The zero-order valence-corrected chi connectivity index (χ0v) is 23.2. The van der Waals surface area contributed by atoms with Gasteiger partial charge >= 0.3 is 7.82 Å². The van der Waals surface area contributed by atoms with E-state index < -0.39 is 56.5 Å². The van der Waals surface area contributed by atoms with Crippen molar-refractivity contribution in [1.29, 1.82) is 0 Å². The number of aliphatic hydroxyl groups is 5. The number of hydrogen-bond donors (Lipinski definition) is 7. The van der Waals surface area contributed by atoms with Gasteiger partial charge in [-0.2, -0.15) is 0 Å². The predicted octanol–water partition coefficient (Wildman–Crippen LogP) is -1.63. The monoisotopic (exact) mass is 606 g/mol. The highest BCUT2D eigenvalue weighted by Crippen LogP contribution is 2.43. The number of benzene rings is 1. The van der Waals surface area contributed by atoms with Gasteiger partial charge in [0.25, 0.3) is 0 Å². The highest BCUT2D eigenvalue weighted by Gasteiger charge is 2.44. The molecule has 0 saturated carbocycles. The molecule has 4 unspecified atom stereocenters. The molecule has 0 aliphatic carbocycles. The summed E-state index contributed by atoms with van der Waals surface area (Å²) in [6.07, 6.45) is -5.57. The second kappa shape index (κ2) is 14.6. The number of hydrogen-bond acceptors (Lipinski definition) is 14. The first-order valence-electron chi connectivity index (χ1n) is 12.4. The number of carbonyl (C=O) groups excluding carboxylic acids is 1. The summed E-state index contributed by atoms with van der Waals surface area (Å²) < 4.78 is 38.3. The summed E-state index contributed by atoms with van der Waals surface area (Å²) in [4.78, 5) is 21.8. The average Bonchev–Trinajstić information content (AvgIpc) is 3.40. The van der Waals surface area contributed by atoms with Gasteiger partial charge in [-0.3, -0.25) is 13.8 Å². The van der Waals surface area contributed by atoms with E-state index in [2.05, 4.69) is 20.2 Å². The molecule has 1 aromatic heterocycles. The fourth-order valence-electron chi connectivity index (χ4n) is 3.57. The lowest BCUT2D eigenvalue weighted by molar-refractivity contribution is -0.277. The van der Waals surface area contributed by atoms with E-state index in [-0.39, 0.29) is 38.7 Å². The number of phosphoric acid groups is 1. The van der Waals surface area contributed by atoms with Crippen LogP contribution in [0.3, 0.4) is 0 Å². The molecule has 1 amide bonds. The SMILES string of the molecule is COP(=O)(O)OCC(C)(CO)COCc1cn(CC(=O)Nc2ccc(O[C@@H]3OC(CO)[C@H](O)C(O)[C@@H]3O)cc2)nn1. The van der Waals surface area contributed by atoms with Crippen molar-refractivity contribution in [2.75, 3.05) is 38.9 Å². The number of anilines is 1. The van der Waals surface area contributed by atoms with Crippen molar-refractivity contribution in [3.63, 3.8) is 0 Å². The molecular formula is C23H35N4O13P. The van der Waals surface area contributed by atoms with Crippen LogP contribution in [-0.4, -0.2) is 116 Å². The highest BCUT2D eigenvalue weighted by atomic mass is 31.2. The molecule has 1 aliphatic rings. The minimum Gasteiger partial charge on any atom is -0.462 e. The maximum absolute atomic E-state index is 12.4. The van der Waals surface area contributed by atoms with E-state index in [1.54, 1.807) is 6.92 Å². The van der Waals surface area contributed by atoms with Crippen molar-refractivity contribution < 1.29 is 63.0 Å². The third-order valence-electron chi connectivity index (χ3n) is 6.02. The Hall–Kier alpha value is -2.54. The fraction of sp³-hybridized carbons (Fsp3) is 0.609. The van der Waals surface area contributed by atoms with Gasteiger partial charge in [0.05, 0.1) is 39.2 Å². The van der Waals surface area contributed by atoms with Crippen LogP contribution in [0.25, 0.3) is 0 Å². The quantitative estimate of drug-likeness (QED) is 0.113. The minimum absolute atomic E-state index is 0.00577. The first-order valence-corrected chi connectivity index (χ1v) is 13.9. The molecule has 2 heterocycles. The number of phosphoric ester groups is 1. The van der Waals surface area contributed by atoms with Crippen LogP contribution in [0.1, 0.15) is 12.6 Å². The second-order valence-corrected chi connectivity index (χ2v) is 11.2. The largest absolute Gasteiger partial charge is 0.471 e. The Labute approximate surface area is 234 Å². The Morgan fingerprint density at radius 3 is 2.49 bits per heavy atom. The molecule has 7 atom stereocenters. The van der Waals surface area contributed by atoms with Crippen LogP contribution in [0.15, 0.2) is 30.5 Å². The molecule has 2 aromatic rings. The highest BCUT2D eigenvalue weighted by molar-refractivity contribution is 7.47. The molecule has 1 aromatic carbocycles. The van der Waals surface area contributed by atoms with E-state index in [1.165, 1.54) is 35.1 Å². The van der Waals surface area contributed by atoms with Crippen molar-refractivity contribution in [3.8, 4) is 5.75 Å². The van der Waals surface area contributed by atoms with E-state index in [0.717, 1.165) is 7.11 Å². The van der Waals surface area contributed by atoms with E-state index in [4.69, 9.17) is 18.7 Å². The molecule has 0 spiro atoms. The van der Waals surface area contributed by atoms with Gasteiger partial charge in [0, 0.05) is 18.2 Å². The van der Waals surface area contributed by atoms with Crippen LogP contribution in [-0.2, 0) is 41.0 Å². The summed E-state index contributed by atoms with van der Waals surface area (Å²) in [6.45, 7) is 0.132. The summed E-state index contributed by atoms with van der Waals surface area (Å²) in [6, 6.07) is 6.04. The van der Waals surface area contributed by atoms with Crippen molar-refractivity contribution in [2.45, 2.75) is 50.8 Å². The topological polar surface area (TPSA) is 244 Å². The van der Waals surface area contributed by atoms with Crippen LogP contribution < -0.4 is 10.1 Å². The van der Waals surface area contributed by atoms with Crippen LogP contribution in [0.5, 0.6) is 5.75 Å². The van der Waals surface area contributed by atoms with E-state index in [9.17, 15) is 39.8 Å². The molecule has 7 N–H and O–H groups in total. The summed E-state index contributed by atoms with van der Waals surface area (Å²) in [7, 11) is -3.18. The van der Waals surface area contributed by atoms with Gasteiger partial charge in [-0.05, 0) is 24.3 Å². The van der Waals surface area contributed by atoms with Gasteiger partial charge in [0.15, 0.2) is 0 Å². The van der Waals surface area contributed by atoms with Gasteiger partial charge < -0.3 is 50.0 Å². The number of aromatic nitrogens is 3. The Morgan fingerprint density at radius 1 is 1.15 bits per heavy atom. The molecule has 0 bridgehead atoms. The van der Waals surface area contributed by atoms with Crippen LogP contribution in [0.4, 0.5) is 5.69 Å². The van der Waals surface area contributed by atoms with Crippen molar-refractivity contribution in [3.05, 3.63) is 36.2 Å². The fourth-order valence-corrected chi connectivity index (χ4v) is 4.15. The van der Waals surface area contributed by atoms with E-state index in [1.807, 2.05) is 0 Å². The van der Waals surface area contributed by atoms with E-state index in [0.29, 0.717) is 11.4 Å². The van der Waals surface area contributed by atoms with Gasteiger partial charge in [-0.1, -0.05) is 12.1 Å². The lowest BCUT2D eigenvalue weighted by atomic mass is 9.95. The number of rotatable bonds is 15. The maximum Gasteiger partial charge on any atom is 0.471 e. The third kappa shape index (κ3) is 9.49. The molecule has 18 heteroatoms. The Bertz CT molecular complexity index is 1170. The molecule has 1 aliphatic heterocycles. The Morgan fingerprint density at radius 2 is 1.85 bits per heavy atom. The standard InChI is InChI=1S/C23H35N4O13P/c1-23(11-29,13-38-41(34,35)36-2)12-37-10-15-7-27(26-25-15)8-18(30)24-14-3-5-16(6-4-14)39-22-21(33)20(32)19(31)17(9-28)40-22/h3-7,17,19-22,28-29,31-33H,8-13H2,1-2H3,(H,24,30)(H,34,35)/t17?,19-,20?,21-,22+,23?/m0/s1. The van der Waals surface area contributed by atoms with Crippen molar-refractivity contribution in [2.24, 2.45) is 5.41 Å². The average molecular weight is 607 g/mol. The van der Waals surface area contributed by atoms with Crippen LogP contribution >= 0.6 is 7.82 Å². The number of ether oxygens (including phenoxy) is 3. The summed E-state index contributed by atoms with van der Waals surface area (Å²) >= 11 is 0. The molecule has 230 valence electrons. The number of carbonyl (C=O) groups is 1. The van der Waals surface area contributed by atoms with Crippen LogP contribution in [0.2, 0.25) is 0 Å². The Balaban J connectivity index is 1.45. The number of nitrogens with one attached hydrogen (secondary N) is 1. The minimum atomic E-state index is -4.20. The maximum atomic E-state index is 12.4. The third-order valence-corrected chi connectivity index (χ3v) is 6.94. The van der Waals surface area contributed by atoms with Crippen molar-refractivity contribution >= 4 is 19.4 Å².